The number of nitrogens with one attached hydrogen (secondary N) is 1. The van der Waals surface area contributed by atoms with Crippen LogP contribution in [0.5, 0.6) is 0 Å². The van der Waals surface area contributed by atoms with Crippen molar-refractivity contribution in [1.82, 2.24) is 5.32 Å². The van der Waals surface area contributed by atoms with Crippen LogP contribution in [0, 0.1) is 0 Å². The van der Waals surface area contributed by atoms with Crippen LogP contribution in [-0.2, 0) is 0 Å². The third-order valence-electron chi connectivity index (χ3n) is 2.34. The first kappa shape index (κ1) is 10.9. The zero-order valence-corrected chi connectivity index (χ0v) is 9.67. The van der Waals surface area contributed by atoms with Crippen LogP contribution < -0.4 is 10.2 Å². The Bertz CT molecular complexity index is 367. The number of nitrogens with zero attached hydrogens (tertiary/aromatic N) is 2. The predicted molar refractivity (Wildman–Crippen MR) is 68.6 cm³/mol. The van der Waals surface area contributed by atoms with Gasteiger partial charge in [0.05, 0.1) is 6.34 Å². The van der Waals surface area contributed by atoms with Gasteiger partial charge in [-0.25, -0.2) is 0 Å². The molecule has 0 spiro atoms. The number of para-hydroxylation sites is 1. The van der Waals surface area contributed by atoms with Crippen molar-refractivity contribution in [3.63, 3.8) is 0 Å². The van der Waals surface area contributed by atoms with E-state index in [1.807, 2.05) is 35.6 Å². The summed E-state index contributed by atoms with van der Waals surface area (Å²) in [6, 6.07) is 10.6. The van der Waals surface area contributed by atoms with Gasteiger partial charge in [-0.15, -0.1) is 0 Å². The van der Waals surface area contributed by atoms with Gasteiger partial charge in [0, 0.05) is 17.9 Å². The zero-order chi connectivity index (χ0) is 11.4. The molecule has 1 heterocycles. The molecule has 1 aromatic carbocycles. The fraction of sp³-hybridized carbons (Fsp3) is 0.308. The topological polar surface area (TPSA) is 27.6 Å². The third kappa shape index (κ3) is 2.70. The second kappa shape index (κ2) is 4.94. The summed E-state index contributed by atoms with van der Waals surface area (Å²) in [5.41, 5.74) is 1.13. The van der Waals surface area contributed by atoms with Gasteiger partial charge in [-0.3, -0.25) is 10.3 Å². The Balaban J connectivity index is 2.01. The largest absolute Gasteiger partial charge is 0.308 e. The number of anilines is 1. The van der Waals surface area contributed by atoms with Gasteiger partial charge in [0.1, 0.15) is 6.17 Å². The third-order valence-corrected chi connectivity index (χ3v) is 2.34. The Labute approximate surface area is 96.5 Å². The molecule has 0 amide bonds. The monoisotopic (exact) mass is 215 g/mol. The summed E-state index contributed by atoms with van der Waals surface area (Å²) in [5.74, 6) is 0. The molecule has 1 atom stereocenters. The SMILES string of the molecule is CC(C)NC1C=CN(c2ccccc2)C=N1. The van der Waals surface area contributed by atoms with E-state index >= 15 is 0 Å². The molecule has 0 radical (unpaired) electrons. The number of hydrogen-bond donors (Lipinski definition) is 1. The second-order valence-corrected chi connectivity index (χ2v) is 4.12. The molecule has 16 heavy (non-hydrogen) atoms. The first-order valence-electron chi connectivity index (χ1n) is 5.57. The Morgan fingerprint density at radius 2 is 2.00 bits per heavy atom. The van der Waals surface area contributed by atoms with Crippen LogP contribution >= 0.6 is 0 Å². The maximum atomic E-state index is 4.43. The van der Waals surface area contributed by atoms with Crippen LogP contribution in [0.25, 0.3) is 0 Å². The fourth-order valence-electron chi connectivity index (χ4n) is 1.60. The van der Waals surface area contributed by atoms with Crippen LogP contribution in [0.3, 0.4) is 0 Å². The fourth-order valence-corrected chi connectivity index (χ4v) is 1.60. The van der Waals surface area contributed by atoms with Crippen LogP contribution in [0.15, 0.2) is 47.6 Å². The molecule has 0 bridgehead atoms. The molecule has 0 saturated heterocycles. The molecule has 0 aromatic heterocycles. The quantitative estimate of drug-likeness (QED) is 0.838. The number of rotatable bonds is 3. The van der Waals surface area contributed by atoms with Crippen molar-refractivity contribution in [2.24, 2.45) is 4.99 Å². The minimum Gasteiger partial charge on any atom is -0.308 e. The average Bonchev–Trinajstić information content (AvgIpc) is 2.30. The van der Waals surface area contributed by atoms with Crippen molar-refractivity contribution in [3.8, 4) is 0 Å². The Hall–Kier alpha value is -1.61. The van der Waals surface area contributed by atoms with Crippen molar-refractivity contribution in [2.45, 2.75) is 26.1 Å². The molecule has 1 N–H and O–H groups in total. The van der Waals surface area contributed by atoms with Crippen molar-refractivity contribution < 1.29 is 0 Å². The summed E-state index contributed by atoms with van der Waals surface area (Å²) in [5, 5.41) is 3.34. The van der Waals surface area contributed by atoms with Crippen molar-refractivity contribution in [1.29, 1.82) is 0 Å². The van der Waals surface area contributed by atoms with Crippen molar-refractivity contribution in [3.05, 3.63) is 42.6 Å². The highest BCUT2D eigenvalue weighted by Gasteiger charge is 2.09. The smallest absolute Gasteiger partial charge is 0.122 e. The summed E-state index contributed by atoms with van der Waals surface area (Å²) in [4.78, 5) is 6.44. The predicted octanol–water partition coefficient (Wildman–Crippen LogP) is 2.37. The molecule has 3 heteroatoms. The average molecular weight is 215 g/mol. The Morgan fingerprint density at radius 1 is 1.25 bits per heavy atom. The van der Waals surface area contributed by atoms with Crippen LogP contribution in [0.2, 0.25) is 0 Å². The summed E-state index contributed by atoms with van der Waals surface area (Å²) in [6.07, 6.45) is 6.06. The summed E-state index contributed by atoms with van der Waals surface area (Å²) in [6.45, 7) is 4.24. The van der Waals surface area contributed by atoms with Gasteiger partial charge in [-0.1, -0.05) is 18.2 Å². The van der Waals surface area contributed by atoms with E-state index in [4.69, 9.17) is 0 Å². The summed E-state index contributed by atoms with van der Waals surface area (Å²) < 4.78 is 0. The van der Waals surface area contributed by atoms with Crippen LogP contribution in [-0.4, -0.2) is 18.5 Å². The molecule has 0 aliphatic carbocycles. The Kier molecular flexibility index (Phi) is 3.37. The maximum absolute atomic E-state index is 4.43. The van der Waals surface area contributed by atoms with Gasteiger partial charge < -0.3 is 4.90 Å². The number of hydrogen-bond acceptors (Lipinski definition) is 3. The molecular formula is C13H17N3. The van der Waals surface area contributed by atoms with Crippen LogP contribution in [0.4, 0.5) is 5.69 Å². The molecule has 3 nitrogen and oxygen atoms in total. The highest BCUT2D eigenvalue weighted by atomic mass is 15.2. The molecule has 0 fully saturated rings. The van der Waals surface area contributed by atoms with E-state index in [-0.39, 0.29) is 6.17 Å². The van der Waals surface area contributed by atoms with Gasteiger partial charge >= 0.3 is 0 Å². The van der Waals surface area contributed by atoms with E-state index < -0.39 is 0 Å². The van der Waals surface area contributed by atoms with Gasteiger partial charge in [0.15, 0.2) is 0 Å². The second-order valence-electron chi connectivity index (χ2n) is 4.12. The lowest BCUT2D eigenvalue weighted by Crippen LogP contribution is -2.35. The number of aliphatic imine (C=N–C) groups is 1. The normalized spacial score (nSPS) is 19.4. The maximum Gasteiger partial charge on any atom is 0.122 e. The van der Waals surface area contributed by atoms with E-state index in [0.29, 0.717) is 6.04 Å². The molecule has 1 aliphatic rings. The standard InChI is InChI=1S/C13H17N3/c1-11(2)15-13-8-9-16(10-14-13)12-6-4-3-5-7-12/h3-11,13,15H,1-2H3. The van der Waals surface area contributed by atoms with E-state index in [1.165, 1.54) is 0 Å². The minimum absolute atomic E-state index is 0.0972. The van der Waals surface area contributed by atoms with E-state index in [9.17, 15) is 0 Å². The first-order chi connectivity index (χ1) is 7.75. The van der Waals surface area contributed by atoms with Gasteiger partial charge in [0.2, 0.25) is 0 Å². The van der Waals surface area contributed by atoms with Gasteiger partial charge in [0.25, 0.3) is 0 Å². The van der Waals surface area contributed by atoms with E-state index in [1.54, 1.807) is 0 Å². The van der Waals surface area contributed by atoms with Gasteiger partial charge in [-0.05, 0) is 32.1 Å². The van der Waals surface area contributed by atoms with Crippen LogP contribution in [0.1, 0.15) is 13.8 Å². The number of benzene rings is 1. The molecule has 1 aliphatic heterocycles. The van der Waals surface area contributed by atoms with Crippen molar-refractivity contribution >= 4 is 12.0 Å². The Morgan fingerprint density at radius 3 is 2.56 bits per heavy atom. The summed E-state index contributed by atoms with van der Waals surface area (Å²) >= 11 is 0. The van der Waals surface area contributed by atoms with Crippen molar-refractivity contribution in [2.75, 3.05) is 4.90 Å². The van der Waals surface area contributed by atoms with E-state index in [0.717, 1.165) is 5.69 Å². The molecule has 0 saturated carbocycles. The highest BCUT2D eigenvalue weighted by molar-refractivity contribution is 5.82. The van der Waals surface area contributed by atoms with E-state index in [2.05, 4.69) is 42.4 Å². The zero-order valence-electron chi connectivity index (χ0n) is 9.67. The molecule has 84 valence electrons. The lowest BCUT2D eigenvalue weighted by molar-refractivity contribution is 0.534. The molecule has 1 unspecified atom stereocenters. The molecular weight excluding hydrogens is 198 g/mol. The summed E-state index contributed by atoms with van der Waals surface area (Å²) in [7, 11) is 0. The molecule has 2 rings (SSSR count). The lowest BCUT2D eigenvalue weighted by atomic mass is 10.3. The first-order valence-corrected chi connectivity index (χ1v) is 5.57. The van der Waals surface area contributed by atoms with Gasteiger partial charge in [-0.2, -0.15) is 0 Å². The molecule has 1 aromatic rings. The minimum atomic E-state index is 0.0972. The lowest BCUT2D eigenvalue weighted by Gasteiger charge is -2.22. The highest BCUT2D eigenvalue weighted by Crippen LogP contribution is 2.14.